The minimum atomic E-state index is -3.37. The van der Waals surface area contributed by atoms with Gasteiger partial charge in [-0.15, -0.1) is 11.3 Å². The number of aryl methyl sites for hydroxylation is 1. The Hall–Kier alpha value is -1.28. The molecule has 2 heterocycles. The molecule has 1 aliphatic rings. The van der Waals surface area contributed by atoms with Crippen molar-refractivity contribution in [3.05, 3.63) is 46.4 Å². The third-order valence-electron chi connectivity index (χ3n) is 4.17. The van der Waals surface area contributed by atoms with Gasteiger partial charge in [0.15, 0.2) is 0 Å². The molecule has 2 aromatic rings. The molecule has 0 unspecified atom stereocenters. The first-order chi connectivity index (χ1) is 11.1. The van der Waals surface area contributed by atoms with E-state index in [0.717, 1.165) is 30.6 Å². The fourth-order valence-electron chi connectivity index (χ4n) is 2.73. The van der Waals surface area contributed by atoms with Gasteiger partial charge in [0, 0.05) is 31.1 Å². The van der Waals surface area contributed by atoms with E-state index in [0.29, 0.717) is 24.0 Å². The Labute approximate surface area is 141 Å². The topological polar surface area (TPSA) is 62.3 Å². The smallest absolute Gasteiger partial charge is 0.243 e. The number of sulfonamides is 1. The highest BCUT2D eigenvalue weighted by molar-refractivity contribution is 7.89. The summed E-state index contributed by atoms with van der Waals surface area (Å²) in [6, 6.07) is 7.42. The number of nitrogens with one attached hydrogen (secondary N) is 1. The van der Waals surface area contributed by atoms with E-state index in [2.05, 4.69) is 10.3 Å². The van der Waals surface area contributed by atoms with E-state index in [1.54, 1.807) is 27.8 Å². The number of thiazole rings is 1. The summed E-state index contributed by atoms with van der Waals surface area (Å²) >= 11 is 1.59. The lowest BCUT2D eigenvalue weighted by atomic mass is 10.1. The molecule has 1 N–H and O–H groups in total. The predicted octanol–water partition coefficient (Wildman–Crippen LogP) is 2.39. The van der Waals surface area contributed by atoms with Crippen LogP contribution in [0.2, 0.25) is 0 Å². The molecule has 0 amide bonds. The van der Waals surface area contributed by atoms with Crippen molar-refractivity contribution in [3.8, 4) is 0 Å². The summed E-state index contributed by atoms with van der Waals surface area (Å²) < 4.78 is 26.9. The number of rotatable bonds is 5. The number of benzene rings is 1. The Bertz CT molecular complexity index is 719. The fraction of sp³-hybridized carbons (Fsp3) is 0.438. The summed E-state index contributed by atoms with van der Waals surface area (Å²) in [5.74, 6) is 0. The maximum absolute atomic E-state index is 12.6. The average molecular weight is 351 g/mol. The first-order valence-electron chi connectivity index (χ1n) is 7.73. The summed E-state index contributed by atoms with van der Waals surface area (Å²) in [7, 11) is -3.37. The molecule has 0 radical (unpaired) electrons. The van der Waals surface area contributed by atoms with Crippen molar-refractivity contribution < 1.29 is 8.42 Å². The summed E-state index contributed by atoms with van der Waals surface area (Å²) in [6.45, 7) is 3.82. The van der Waals surface area contributed by atoms with E-state index in [1.165, 1.54) is 0 Å². The van der Waals surface area contributed by atoms with Crippen molar-refractivity contribution in [2.24, 2.45) is 0 Å². The van der Waals surface area contributed by atoms with Crippen LogP contribution in [0.3, 0.4) is 0 Å². The van der Waals surface area contributed by atoms with Crippen LogP contribution in [-0.2, 0) is 16.6 Å². The zero-order valence-electron chi connectivity index (χ0n) is 13.1. The molecule has 3 rings (SSSR count). The molecule has 0 aliphatic carbocycles. The highest BCUT2D eigenvalue weighted by atomic mass is 32.2. The maximum atomic E-state index is 12.6. The lowest BCUT2D eigenvalue weighted by Crippen LogP contribution is -2.44. The van der Waals surface area contributed by atoms with Gasteiger partial charge in [0.2, 0.25) is 10.0 Å². The van der Waals surface area contributed by atoms with Gasteiger partial charge in [-0.05, 0) is 31.9 Å². The summed E-state index contributed by atoms with van der Waals surface area (Å²) in [5.41, 5.74) is 3.94. The van der Waals surface area contributed by atoms with Crippen molar-refractivity contribution in [1.29, 1.82) is 0 Å². The number of nitrogens with zero attached hydrogens (tertiary/aromatic N) is 2. The Kier molecular flexibility index (Phi) is 5.11. The fourth-order valence-corrected chi connectivity index (χ4v) is 4.76. The van der Waals surface area contributed by atoms with Gasteiger partial charge in [0.05, 0.1) is 16.1 Å². The van der Waals surface area contributed by atoms with Gasteiger partial charge in [-0.25, -0.2) is 13.4 Å². The van der Waals surface area contributed by atoms with Crippen molar-refractivity contribution >= 4 is 21.4 Å². The van der Waals surface area contributed by atoms with E-state index < -0.39 is 10.0 Å². The lowest BCUT2D eigenvalue weighted by Gasteiger charge is -2.31. The standard InChI is InChI=1S/C16H21N3O2S2/c1-13-2-4-16(5-3-13)23(20,21)19-8-6-14(7-9-19)17-10-15-11-22-12-18-15/h2-5,11-12,14,17H,6-10H2,1H3. The average Bonchev–Trinajstić information content (AvgIpc) is 3.07. The second-order valence-electron chi connectivity index (χ2n) is 5.85. The molecule has 0 atom stereocenters. The zero-order valence-corrected chi connectivity index (χ0v) is 14.7. The summed E-state index contributed by atoms with van der Waals surface area (Å²) in [5, 5.41) is 5.50. The molecule has 0 spiro atoms. The first-order valence-corrected chi connectivity index (χ1v) is 10.1. The molecule has 5 nitrogen and oxygen atoms in total. The Morgan fingerprint density at radius 2 is 1.96 bits per heavy atom. The molecular formula is C16H21N3O2S2. The quantitative estimate of drug-likeness (QED) is 0.898. The molecule has 7 heteroatoms. The van der Waals surface area contributed by atoms with E-state index >= 15 is 0 Å². The van der Waals surface area contributed by atoms with Crippen LogP contribution in [0, 0.1) is 6.92 Å². The van der Waals surface area contributed by atoms with Gasteiger partial charge in [-0.1, -0.05) is 17.7 Å². The molecular weight excluding hydrogens is 330 g/mol. The first kappa shape index (κ1) is 16.6. The maximum Gasteiger partial charge on any atom is 0.243 e. The van der Waals surface area contributed by atoms with Crippen LogP contribution in [0.1, 0.15) is 24.1 Å². The SMILES string of the molecule is Cc1ccc(S(=O)(=O)N2CCC(NCc3cscn3)CC2)cc1. The third kappa shape index (κ3) is 3.98. The molecule has 0 bridgehead atoms. The van der Waals surface area contributed by atoms with E-state index in [-0.39, 0.29) is 0 Å². The van der Waals surface area contributed by atoms with Crippen molar-refractivity contribution in [2.75, 3.05) is 13.1 Å². The number of aromatic nitrogens is 1. The van der Waals surface area contributed by atoms with E-state index in [9.17, 15) is 8.42 Å². The summed E-state index contributed by atoms with van der Waals surface area (Å²) in [4.78, 5) is 4.64. The normalized spacial score (nSPS) is 17.4. The van der Waals surface area contributed by atoms with Crippen LogP contribution in [0.15, 0.2) is 40.1 Å². The zero-order chi connectivity index (χ0) is 16.3. The third-order valence-corrected chi connectivity index (χ3v) is 6.72. The second kappa shape index (κ2) is 7.09. The molecule has 23 heavy (non-hydrogen) atoms. The Morgan fingerprint density at radius 3 is 2.57 bits per heavy atom. The van der Waals surface area contributed by atoms with Gasteiger partial charge in [0.25, 0.3) is 0 Å². The van der Waals surface area contributed by atoms with Crippen LogP contribution < -0.4 is 5.32 Å². The molecule has 1 aromatic heterocycles. The van der Waals surface area contributed by atoms with E-state index in [4.69, 9.17) is 0 Å². The van der Waals surface area contributed by atoms with Crippen LogP contribution >= 0.6 is 11.3 Å². The largest absolute Gasteiger partial charge is 0.308 e. The van der Waals surface area contributed by atoms with Crippen molar-refractivity contribution in [3.63, 3.8) is 0 Å². The summed E-state index contributed by atoms with van der Waals surface area (Å²) in [6.07, 6.45) is 1.66. The molecule has 1 aromatic carbocycles. The number of hydrogen-bond donors (Lipinski definition) is 1. The second-order valence-corrected chi connectivity index (χ2v) is 8.51. The monoisotopic (exact) mass is 351 g/mol. The lowest BCUT2D eigenvalue weighted by molar-refractivity contribution is 0.288. The molecule has 124 valence electrons. The van der Waals surface area contributed by atoms with Crippen LogP contribution in [0.25, 0.3) is 0 Å². The van der Waals surface area contributed by atoms with Gasteiger partial charge in [0.1, 0.15) is 0 Å². The minimum absolute atomic E-state index is 0.348. The van der Waals surface area contributed by atoms with Gasteiger partial charge in [-0.3, -0.25) is 0 Å². The van der Waals surface area contributed by atoms with Crippen LogP contribution in [0.4, 0.5) is 0 Å². The molecule has 1 saturated heterocycles. The Morgan fingerprint density at radius 1 is 1.26 bits per heavy atom. The van der Waals surface area contributed by atoms with E-state index in [1.807, 2.05) is 29.9 Å². The minimum Gasteiger partial charge on any atom is -0.308 e. The predicted molar refractivity (Wildman–Crippen MR) is 91.9 cm³/mol. The van der Waals surface area contributed by atoms with Gasteiger partial charge < -0.3 is 5.32 Å². The highest BCUT2D eigenvalue weighted by Gasteiger charge is 2.29. The van der Waals surface area contributed by atoms with Crippen LogP contribution in [-0.4, -0.2) is 36.8 Å². The van der Waals surface area contributed by atoms with Gasteiger partial charge in [-0.2, -0.15) is 4.31 Å². The molecule has 1 aliphatic heterocycles. The number of piperidine rings is 1. The number of hydrogen-bond acceptors (Lipinski definition) is 5. The molecule has 1 fully saturated rings. The van der Waals surface area contributed by atoms with Gasteiger partial charge >= 0.3 is 0 Å². The molecule has 0 saturated carbocycles. The van der Waals surface area contributed by atoms with Crippen molar-refractivity contribution in [1.82, 2.24) is 14.6 Å². The Balaban J connectivity index is 1.56. The highest BCUT2D eigenvalue weighted by Crippen LogP contribution is 2.21. The van der Waals surface area contributed by atoms with Crippen LogP contribution in [0.5, 0.6) is 0 Å². The van der Waals surface area contributed by atoms with Crippen molar-refractivity contribution in [2.45, 2.75) is 37.2 Å².